The smallest absolute Gasteiger partial charge is 0.250 e. The fourth-order valence-electron chi connectivity index (χ4n) is 2.90. The lowest BCUT2D eigenvalue weighted by Crippen LogP contribution is -2.38. The van der Waals surface area contributed by atoms with Crippen molar-refractivity contribution < 1.29 is 13.2 Å². The van der Waals surface area contributed by atoms with Gasteiger partial charge in [-0.3, -0.25) is 4.79 Å². The van der Waals surface area contributed by atoms with Crippen LogP contribution < -0.4 is 4.90 Å². The molecule has 3 rings (SSSR count). The van der Waals surface area contributed by atoms with Crippen molar-refractivity contribution in [2.45, 2.75) is 31.6 Å². The molecule has 2 saturated heterocycles. The molecule has 0 unspecified atom stereocenters. The monoisotopic (exact) mass is 464 g/mol. The number of sulfone groups is 1. The topological polar surface area (TPSA) is 66.8 Å². The first-order chi connectivity index (χ1) is 11.7. The molecule has 2 aliphatic heterocycles. The molecule has 0 aliphatic carbocycles. The number of hydrogen-bond acceptors (Lipinski definition) is 4. The van der Waals surface area contributed by atoms with E-state index in [0.29, 0.717) is 22.3 Å². The number of rotatable bonds is 3. The summed E-state index contributed by atoms with van der Waals surface area (Å²) in [6.07, 6.45) is 0.709. The predicted octanol–water partition coefficient (Wildman–Crippen LogP) is 3.75. The summed E-state index contributed by atoms with van der Waals surface area (Å²) in [5, 5.41) is 0.899. The first-order valence-corrected chi connectivity index (χ1v) is 11.8. The first-order valence-electron chi connectivity index (χ1n) is 7.95. The van der Waals surface area contributed by atoms with Crippen LogP contribution in [-0.4, -0.2) is 42.3 Å². The third-order valence-corrected chi connectivity index (χ3v) is 8.48. The number of carbonyl (C=O) groups is 1. The van der Waals surface area contributed by atoms with Gasteiger partial charge >= 0.3 is 0 Å². The third-order valence-electron chi connectivity index (χ3n) is 4.48. The molecule has 0 radical (unpaired) electrons. The quantitative estimate of drug-likeness (QED) is 0.680. The molecule has 2 fully saturated rings. The molecule has 1 aromatic carbocycles. The number of thioether (sulfide) groups is 1. The highest BCUT2D eigenvalue weighted by Crippen LogP contribution is 2.43. The summed E-state index contributed by atoms with van der Waals surface area (Å²) in [7, 11) is -3.10. The van der Waals surface area contributed by atoms with E-state index in [1.165, 1.54) is 11.8 Å². The lowest BCUT2D eigenvalue weighted by molar-refractivity contribution is -0.121. The number of nitrogens with zero attached hydrogens (tertiary/aromatic N) is 2. The van der Waals surface area contributed by atoms with E-state index in [0.717, 1.165) is 4.47 Å². The Hall–Kier alpha value is -0.570. The zero-order valence-electron chi connectivity index (χ0n) is 13.8. The van der Waals surface area contributed by atoms with Crippen LogP contribution in [0.15, 0.2) is 27.7 Å². The fraction of sp³-hybridized carbons (Fsp3) is 0.500. The van der Waals surface area contributed by atoms with Crippen molar-refractivity contribution in [1.82, 2.24) is 0 Å². The van der Waals surface area contributed by atoms with Gasteiger partial charge in [0.05, 0.1) is 28.3 Å². The SMILES string of the molecule is CC[C@H](C)C(=O)N=C1S[C@H]2CS(=O)(=O)C[C@@H]2N1c1ccc(Br)cc1Cl. The summed E-state index contributed by atoms with van der Waals surface area (Å²) in [4.78, 5) is 18.4. The number of benzene rings is 1. The number of carbonyl (C=O) groups excluding carboxylic acids is 1. The number of amidine groups is 1. The molecule has 9 heteroatoms. The number of halogens is 2. The highest BCUT2D eigenvalue weighted by atomic mass is 79.9. The minimum atomic E-state index is -3.10. The zero-order chi connectivity index (χ0) is 18.4. The number of hydrogen-bond donors (Lipinski definition) is 0. The standard InChI is InChI=1S/C16H18BrClN2O3S2/c1-3-9(2)15(21)19-16-20(12-5-4-10(17)6-11(12)18)13-7-25(22,23)8-14(13)24-16/h4-6,9,13-14H,3,7-8H2,1-2H3/t9-,13-,14-/m0/s1. The van der Waals surface area contributed by atoms with Gasteiger partial charge in [0.1, 0.15) is 0 Å². The second kappa shape index (κ2) is 7.21. The second-order valence-electron chi connectivity index (χ2n) is 6.31. The molecule has 3 atom stereocenters. The summed E-state index contributed by atoms with van der Waals surface area (Å²) in [5.41, 5.74) is 0.678. The molecule has 0 bridgehead atoms. The predicted molar refractivity (Wildman–Crippen MR) is 107 cm³/mol. The van der Waals surface area contributed by atoms with E-state index in [1.54, 1.807) is 6.07 Å². The molecular weight excluding hydrogens is 448 g/mol. The van der Waals surface area contributed by atoms with Crippen molar-refractivity contribution in [3.63, 3.8) is 0 Å². The van der Waals surface area contributed by atoms with E-state index >= 15 is 0 Å². The van der Waals surface area contributed by atoms with Gasteiger partial charge in [0.15, 0.2) is 15.0 Å². The van der Waals surface area contributed by atoms with Crippen LogP contribution in [0.5, 0.6) is 0 Å². The number of aliphatic imine (C=N–C) groups is 1. The molecule has 0 N–H and O–H groups in total. The van der Waals surface area contributed by atoms with Gasteiger partial charge in [-0.2, -0.15) is 4.99 Å². The van der Waals surface area contributed by atoms with Gasteiger partial charge in [-0.25, -0.2) is 8.42 Å². The van der Waals surface area contributed by atoms with Gasteiger partial charge in [-0.15, -0.1) is 0 Å². The van der Waals surface area contributed by atoms with Crippen LogP contribution >= 0.6 is 39.3 Å². The molecule has 5 nitrogen and oxygen atoms in total. The third kappa shape index (κ3) is 3.91. The molecule has 136 valence electrons. The first kappa shape index (κ1) is 19.2. The van der Waals surface area contributed by atoms with Crippen LogP contribution in [0.1, 0.15) is 20.3 Å². The van der Waals surface area contributed by atoms with Crippen LogP contribution in [0.3, 0.4) is 0 Å². The number of fused-ring (bicyclic) bond motifs is 1. The maximum atomic E-state index is 12.3. The summed E-state index contributed by atoms with van der Waals surface area (Å²) in [5.74, 6) is -0.206. The van der Waals surface area contributed by atoms with Crippen molar-refractivity contribution in [2.24, 2.45) is 10.9 Å². The highest BCUT2D eigenvalue weighted by Gasteiger charge is 2.49. The summed E-state index contributed by atoms with van der Waals surface area (Å²) in [6, 6.07) is 5.17. The van der Waals surface area contributed by atoms with Gasteiger partial charge in [0, 0.05) is 15.6 Å². The summed E-state index contributed by atoms with van der Waals surface area (Å²) in [6.45, 7) is 3.78. The normalized spacial score (nSPS) is 27.5. The Morgan fingerprint density at radius 1 is 1.48 bits per heavy atom. The van der Waals surface area contributed by atoms with Gasteiger partial charge in [-0.1, -0.05) is 53.1 Å². The molecule has 0 aromatic heterocycles. The van der Waals surface area contributed by atoms with E-state index in [4.69, 9.17) is 11.6 Å². The maximum Gasteiger partial charge on any atom is 0.250 e. The van der Waals surface area contributed by atoms with E-state index in [-0.39, 0.29) is 34.6 Å². The largest absolute Gasteiger partial charge is 0.314 e. The molecule has 0 spiro atoms. The number of anilines is 1. The highest BCUT2D eigenvalue weighted by molar-refractivity contribution is 9.10. The minimum Gasteiger partial charge on any atom is -0.314 e. The number of amides is 1. The molecule has 2 aliphatic rings. The average Bonchev–Trinajstić information content (AvgIpc) is 2.98. The van der Waals surface area contributed by atoms with Gasteiger partial charge < -0.3 is 4.90 Å². The van der Waals surface area contributed by atoms with Crippen LogP contribution in [0.4, 0.5) is 5.69 Å². The van der Waals surface area contributed by atoms with Gasteiger partial charge in [0.2, 0.25) is 0 Å². The molecule has 1 aromatic rings. The van der Waals surface area contributed by atoms with Crippen molar-refractivity contribution in [3.05, 3.63) is 27.7 Å². The van der Waals surface area contributed by atoms with Crippen molar-refractivity contribution >= 4 is 65.9 Å². The Kier molecular flexibility index (Phi) is 5.54. The Morgan fingerprint density at radius 3 is 2.84 bits per heavy atom. The maximum absolute atomic E-state index is 12.3. The van der Waals surface area contributed by atoms with Gasteiger partial charge in [-0.05, 0) is 24.6 Å². The van der Waals surface area contributed by atoms with Crippen LogP contribution in [-0.2, 0) is 14.6 Å². The minimum absolute atomic E-state index is 0.0492. The lowest BCUT2D eigenvalue weighted by Gasteiger charge is -2.25. The Morgan fingerprint density at radius 2 is 2.20 bits per heavy atom. The second-order valence-corrected chi connectivity index (χ2v) is 11.0. The van der Waals surface area contributed by atoms with Gasteiger partial charge in [0.25, 0.3) is 5.91 Å². The Bertz CT molecular complexity index is 844. The Balaban J connectivity index is 2.04. The van der Waals surface area contributed by atoms with Crippen molar-refractivity contribution in [3.8, 4) is 0 Å². The molecular formula is C16H18BrClN2O3S2. The summed E-state index contributed by atoms with van der Waals surface area (Å²) < 4.78 is 24.9. The van der Waals surface area contributed by atoms with E-state index in [9.17, 15) is 13.2 Å². The van der Waals surface area contributed by atoms with Crippen molar-refractivity contribution in [2.75, 3.05) is 16.4 Å². The zero-order valence-corrected chi connectivity index (χ0v) is 17.8. The van der Waals surface area contributed by atoms with E-state index in [2.05, 4.69) is 20.9 Å². The molecule has 0 saturated carbocycles. The Labute approximate surface area is 165 Å². The fourth-order valence-corrected chi connectivity index (χ4v) is 7.58. The summed E-state index contributed by atoms with van der Waals surface area (Å²) >= 11 is 11.1. The van der Waals surface area contributed by atoms with Crippen LogP contribution in [0.2, 0.25) is 5.02 Å². The molecule has 25 heavy (non-hydrogen) atoms. The molecule has 1 amide bonds. The van der Waals surface area contributed by atoms with E-state index < -0.39 is 9.84 Å². The van der Waals surface area contributed by atoms with Crippen molar-refractivity contribution in [1.29, 1.82) is 0 Å². The lowest BCUT2D eigenvalue weighted by atomic mass is 10.1. The van der Waals surface area contributed by atoms with Crippen LogP contribution in [0.25, 0.3) is 0 Å². The average molecular weight is 466 g/mol. The van der Waals surface area contributed by atoms with Crippen LogP contribution in [0, 0.1) is 5.92 Å². The van der Waals surface area contributed by atoms with E-state index in [1.807, 2.05) is 30.9 Å². The molecule has 2 heterocycles.